The lowest BCUT2D eigenvalue weighted by Crippen LogP contribution is -2.20. The van der Waals surface area contributed by atoms with E-state index in [2.05, 4.69) is 33.8 Å². The summed E-state index contributed by atoms with van der Waals surface area (Å²) >= 11 is 0. The van der Waals surface area contributed by atoms with Gasteiger partial charge in [-0.05, 0) is 17.5 Å². The van der Waals surface area contributed by atoms with Crippen LogP contribution in [0.3, 0.4) is 0 Å². The maximum atomic E-state index is 5.87. The van der Waals surface area contributed by atoms with Crippen LogP contribution < -0.4 is 5.73 Å². The Bertz CT molecular complexity index is 535. The molecule has 4 heteroatoms. The lowest BCUT2D eigenvalue weighted by molar-refractivity contribution is 0.0306. The van der Waals surface area contributed by atoms with Crippen LogP contribution in [-0.2, 0) is 24.2 Å². The van der Waals surface area contributed by atoms with Gasteiger partial charge >= 0.3 is 0 Å². The second-order valence-electron chi connectivity index (χ2n) is 4.57. The Balaban J connectivity index is 1.81. The minimum Gasteiger partial charge on any atom is -0.371 e. The molecular formula is C14H17N3O. The number of rotatable bonds is 3. The van der Waals surface area contributed by atoms with Crippen LogP contribution in [0.4, 0.5) is 0 Å². The molecule has 1 aliphatic heterocycles. The van der Waals surface area contributed by atoms with Crippen LogP contribution in [0.2, 0.25) is 0 Å². The number of fused-ring (bicyclic) bond motifs is 1. The van der Waals surface area contributed by atoms with Gasteiger partial charge in [0, 0.05) is 12.7 Å². The predicted molar refractivity (Wildman–Crippen MR) is 69.0 cm³/mol. The van der Waals surface area contributed by atoms with E-state index in [1.807, 2.05) is 12.5 Å². The standard InChI is InChI=1S/C14H17N3O/c15-7-12-8-17(10-16-12)9-14-13-4-2-1-3-11(13)5-6-18-14/h1-4,8,10,14H,5-7,9,15H2. The molecule has 1 atom stereocenters. The summed E-state index contributed by atoms with van der Waals surface area (Å²) in [5.74, 6) is 0. The van der Waals surface area contributed by atoms with Gasteiger partial charge < -0.3 is 15.0 Å². The van der Waals surface area contributed by atoms with Gasteiger partial charge in [0.2, 0.25) is 0 Å². The normalized spacial score (nSPS) is 18.6. The Labute approximate surface area is 106 Å². The van der Waals surface area contributed by atoms with E-state index in [-0.39, 0.29) is 6.10 Å². The molecule has 0 fully saturated rings. The fourth-order valence-electron chi connectivity index (χ4n) is 2.43. The molecule has 2 N–H and O–H groups in total. The molecule has 1 unspecified atom stereocenters. The Morgan fingerprint density at radius 2 is 2.28 bits per heavy atom. The summed E-state index contributed by atoms with van der Waals surface area (Å²) in [6.45, 7) is 2.07. The number of nitrogens with zero attached hydrogens (tertiary/aromatic N) is 2. The van der Waals surface area contributed by atoms with E-state index in [4.69, 9.17) is 10.5 Å². The summed E-state index contributed by atoms with van der Waals surface area (Å²) in [4.78, 5) is 4.24. The van der Waals surface area contributed by atoms with Crippen molar-refractivity contribution >= 4 is 0 Å². The van der Waals surface area contributed by atoms with E-state index in [9.17, 15) is 0 Å². The predicted octanol–water partition coefficient (Wildman–Crippen LogP) is 1.66. The first-order valence-electron chi connectivity index (χ1n) is 6.27. The molecular weight excluding hydrogens is 226 g/mol. The molecule has 3 rings (SSSR count). The number of ether oxygens (including phenoxy) is 1. The largest absolute Gasteiger partial charge is 0.371 e. The molecule has 94 valence electrons. The highest BCUT2D eigenvalue weighted by Gasteiger charge is 2.20. The first-order valence-corrected chi connectivity index (χ1v) is 6.27. The van der Waals surface area contributed by atoms with E-state index >= 15 is 0 Å². The number of aromatic nitrogens is 2. The highest BCUT2D eigenvalue weighted by Crippen LogP contribution is 2.28. The Kier molecular flexibility index (Phi) is 3.13. The quantitative estimate of drug-likeness (QED) is 0.892. The molecule has 1 aromatic heterocycles. The highest BCUT2D eigenvalue weighted by molar-refractivity contribution is 5.30. The van der Waals surface area contributed by atoms with Crippen LogP contribution >= 0.6 is 0 Å². The van der Waals surface area contributed by atoms with E-state index in [1.54, 1.807) is 0 Å². The minimum atomic E-state index is 0.120. The van der Waals surface area contributed by atoms with Crippen LogP contribution in [0.25, 0.3) is 0 Å². The van der Waals surface area contributed by atoms with Gasteiger partial charge in [-0.1, -0.05) is 24.3 Å². The fraction of sp³-hybridized carbons (Fsp3) is 0.357. The first kappa shape index (κ1) is 11.4. The fourth-order valence-corrected chi connectivity index (χ4v) is 2.43. The summed E-state index contributed by atoms with van der Waals surface area (Å²) in [6.07, 6.45) is 4.93. The maximum absolute atomic E-state index is 5.87. The number of hydrogen-bond donors (Lipinski definition) is 1. The van der Waals surface area contributed by atoms with Crippen molar-refractivity contribution < 1.29 is 4.74 Å². The molecule has 18 heavy (non-hydrogen) atoms. The Morgan fingerprint density at radius 1 is 1.39 bits per heavy atom. The number of benzene rings is 1. The summed E-state index contributed by atoms with van der Waals surface area (Å²) in [5.41, 5.74) is 9.18. The van der Waals surface area contributed by atoms with Crippen LogP contribution in [0.15, 0.2) is 36.8 Å². The van der Waals surface area contributed by atoms with Crippen molar-refractivity contribution in [3.8, 4) is 0 Å². The third kappa shape index (κ3) is 2.17. The number of nitrogens with two attached hydrogens (primary N) is 1. The van der Waals surface area contributed by atoms with Gasteiger partial charge in [-0.2, -0.15) is 0 Å². The smallest absolute Gasteiger partial charge is 0.101 e. The van der Waals surface area contributed by atoms with Crippen LogP contribution in [0.1, 0.15) is 22.9 Å². The lowest BCUT2D eigenvalue weighted by atomic mass is 9.97. The summed E-state index contributed by atoms with van der Waals surface area (Å²) < 4.78 is 7.92. The van der Waals surface area contributed by atoms with Gasteiger partial charge in [0.15, 0.2) is 0 Å². The van der Waals surface area contributed by atoms with Crippen molar-refractivity contribution in [2.45, 2.75) is 25.6 Å². The van der Waals surface area contributed by atoms with E-state index in [0.29, 0.717) is 6.54 Å². The third-order valence-electron chi connectivity index (χ3n) is 3.36. The van der Waals surface area contributed by atoms with Gasteiger partial charge in [-0.25, -0.2) is 4.98 Å². The monoisotopic (exact) mass is 243 g/mol. The second kappa shape index (κ2) is 4.92. The van der Waals surface area contributed by atoms with Crippen LogP contribution in [0.5, 0.6) is 0 Å². The van der Waals surface area contributed by atoms with Crippen molar-refractivity contribution in [1.82, 2.24) is 9.55 Å². The minimum absolute atomic E-state index is 0.120. The molecule has 0 bridgehead atoms. The lowest BCUT2D eigenvalue weighted by Gasteiger charge is -2.26. The van der Waals surface area contributed by atoms with Crippen molar-refractivity contribution in [3.05, 3.63) is 53.6 Å². The van der Waals surface area contributed by atoms with Gasteiger partial charge in [-0.15, -0.1) is 0 Å². The molecule has 0 aliphatic carbocycles. The van der Waals surface area contributed by atoms with Gasteiger partial charge in [0.1, 0.15) is 6.10 Å². The summed E-state index contributed by atoms with van der Waals surface area (Å²) in [7, 11) is 0. The summed E-state index contributed by atoms with van der Waals surface area (Å²) in [6, 6.07) is 8.49. The van der Waals surface area contributed by atoms with E-state index in [0.717, 1.165) is 25.3 Å². The third-order valence-corrected chi connectivity index (χ3v) is 3.36. The molecule has 4 nitrogen and oxygen atoms in total. The Hall–Kier alpha value is -1.65. The van der Waals surface area contributed by atoms with Crippen molar-refractivity contribution in [2.75, 3.05) is 6.61 Å². The van der Waals surface area contributed by atoms with Crippen molar-refractivity contribution in [2.24, 2.45) is 5.73 Å². The number of imidazole rings is 1. The average Bonchev–Trinajstić information content (AvgIpc) is 2.87. The van der Waals surface area contributed by atoms with Crippen molar-refractivity contribution in [1.29, 1.82) is 0 Å². The molecule has 1 aliphatic rings. The molecule has 0 amide bonds. The zero-order valence-electron chi connectivity index (χ0n) is 10.2. The zero-order valence-corrected chi connectivity index (χ0v) is 10.2. The van der Waals surface area contributed by atoms with Gasteiger partial charge in [0.05, 0.1) is 25.2 Å². The molecule has 0 spiro atoms. The molecule has 2 aromatic rings. The SMILES string of the molecule is NCc1cn(CC2OCCc3ccccc32)cn1. The molecule has 2 heterocycles. The zero-order chi connectivity index (χ0) is 12.4. The molecule has 1 aromatic carbocycles. The first-order chi connectivity index (χ1) is 8.86. The molecule has 0 radical (unpaired) electrons. The van der Waals surface area contributed by atoms with Crippen LogP contribution in [0, 0.1) is 0 Å². The van der Waals surface area contributed by atoms with Crippen LogP contribution in [-0.4, -0.2) is 16.2 Å². The number of hydrogen-bond acceptors (Lipinski definition) is 3. The molecule has 0 saturated carbocycles. The second-order valence-corrected chi connectivity index (χ2v) is 4.57. The van der Waals surface area contributed by atoms with E-state index in [1.165, 1.54) is 11.1 Å². The average molecular weight is 243 g/mol. The topological polar surface area (TPSA) is 53.1 Å². The van der Waals surface area contributed by atoms with Crippen molar-refractivity contribution in [3.63, 3.8) is 0 Å². The molecule has 0 saturated heterocycles. The summed E-state index contributed by atoms with van der Waals surface area (Å²) in [5, 5.41) is 0. The van der Waals surface area contributed by atoms with Gasteiger partial charge in [-0.3, -0.25) is 0 Å². The van der Waals surface area contributed by atoms with E-state index < -0.39 is 0 Å². The van der Waals surface area contributed by atoms with Gasteiger partial charge in [0.25, 0.3) is 0 Å². The maximum Gasteiger partial charge on any atom is 0.101 e. The Morgan fingerprint density at radius 3 is 3.11 bits per heavy atom. The highest BCUT2D eigenvalue weighted by atomic mass is 16.5.